The quantitative estimate of drug-likeness (QED) is 0.385. The van der Waals surface area contributed by atoms with Gasteiger partial charge in [0.2, 0.25) is 0 Å². The van der Waals surface area contributed by atoms with Gasteiger partial charge in [-0.2, -0.15) is 5.10 Å². The number of azide groups is 1. The number of aromatic amines is 1. The fraction of sp³-hybridized carbons (Fsp3) is 0.0769. The maximum Gasteiger partial charge on any atom is 0.353 e. The van der Waals surface area contributed by atoms with E-state index in [2.05, 4.69) is 32.1 Å². The summed E-state index contributed by atoms with van der Waals surface area (Å²) in [6, 6.07) is 8.62. The molecule has 98 valence electrons. The summed E-state index contributed by atoms with van der Waals surface area (Å²) in [5.41, 5.74) is 10.3. The molecule has 1 aromatic heterocycles. The van der Waals surface area contributed by atoms with Crippen LogP contribution >= 0.6 is 0 Å². The first-order valence-corrected chi connectivity index (χ1v) is 5.59. The van der Waals surface area contributed by atoms with Crippen LogP contribution in [-0.2, 0) is 0 Å². The number of carboxylic acid groups (broad SMARTS) is 1. The molecule has 0 saturated carbocycles. The molecule has 2 rings (SSSR count). The van der Waals surface area contributed by atoms with Gasteiger partial charge in [-0.1, -0.05) is 29.1 Å². The summed E-state index contributed by atoms with van der Waals surface area (Å²) >= 11 is 0. The lowest BCUT2D eigenvalue weighted by Crippen LogP contribution is -1.95. The van der Waals surface area contributed by atoms with Gasteiger partial charge >= 0.3 is 5.97 Å². The van der Waals surface area contributed by atoms with Crippen LogP contribution in [-0.4, -0.2) is 27.8 Å². The summed E-state index contributed by atoms with van der Waals surface area (Å²) in [5.74, 6) is 4.50. The third kappa shape index (κ3) is 3.16. The molecular weight excluding hydrogens is 258 g/mol. The zero-order valence-corrected chi connectivity index (χ0v) is 10.2. The van der Waals surface area contributed by atoms with E-state index >= 15 is 0 Å². The van der Waals surface area contributed by atoms with Crippen molar-refractivity contribution in [2.75, 3.05) is 6.54 Å². The SMILES string of the molecule is [N-]=[N+]=NCC#Cc1ccc(-c2cc(C(=O)O)[nH]n2)cc1. The predicted octanol–water partition coefficient (Wildman–Crippen LogP) is 2.44. The molecule has 0 unspecified atom stereocenters. The first-order chi connectivity index (χ1) is 9.70. The van der Waals surface area contributed by atoms with Crippen molar-refractivity contribution in [2.24, 2.45) is 5.11 Å². The van der Waals surface area contributed by atoms with Crippen LogP contribution in [0.4, 0.5) is 0 Å². The van der Waals surface area contributed by atoms with Crippen molar-refractivity contribution in [1.82, 2.24) is 10.2 Å². The number of aromatic carboxylic acids is 1. The molecule has 1 aromatic carbocycles. The van der Waals surface area contributed by atoms with Crippen molar-refractivity contribution < 1.29 is 9.90 Å². The van der Waals surface area contributed by atoms with E-state index in [1.165, 1.54) is 6.07 Å². The number of rotatable bonds is 3. The molecule has 0 amide bonds. The summed E-state index contributed by atoms with van der Waals surface area (Å²) in [6.07, 6.45) is 0. The van der Waals surface area contributed by atoms with Gasteiger partial charge in [-0.15, -0.1) is 0 Å². The Kier molecular flexibility index (Phi) is 4.02. The third-order valence-electron chi connectivity index (χ3n) is 2.43. The molecule has 2 N–H and O–H groups in total. The fourth-order valence-electron chi connectivity index (χ4n) is 1.51. The summed E-state index contributed by atoms with van der Waals surface area (Å²) in [7, 11) is 0. The van der Waals surface area contributed by atoms with E-state index in [0.29, 0.717) is 5.69 Å². The first-order valence-electron chi connectivity index (χ1n) is 5.59. The number of nitrogens with one attached hydrogen (secondary N) is 1. The zero-order chi connectivity index (χ0) is 14.4. The largest absolute Gasteiger partial charge is 0.477 e. The van der Waals surface area contributed by atoms with Crippen LogP contribution in [0.2, 0.25) is 0 Å². The second kappa shape index (κ2) is 6.09. The zero-order valence-electron chi connectivity index (χ0n) is 10.2. The van der Waals surface area contributed by atoms with Crippen LogP contribution in [0.5, 0.6) is 0 Å². The highest BCUT2D eigenvalue weighted by atomic mass is 16.4. The summed E-state index contributed by atoms with van der Waals surface area (Å²) in [4.78, 5) is 13.3. The number of carbonyl (C=O) groups is 1. The highest BCUT2D eigenvalue weighted by Gasteiger charge is 2.08. The molecular formula is C13H9N5O2. The molecule has 0 aliphatic heterocycles. The van der Waals surface area contributed by atoms with Crippen molar-refractivity contribution in [3.8, 4) is 23.1 Å². The normalized spacial score (nSPS) is 9.20. The monoisotopic (exact) mass is 267 g/mol. The molecule has 0 spiro atoms. The van der Waals surface area contributed by atoms with E-state index in [9.17, 15) is 4.79 Å². The molecule has 0 fully saturated rings. The van der Waals surface area contributed by atoms with Gasteiger partial charge in [-0.3, -0.25) is 5.10 Å². The Bertz CT molecular complexity index is 730. The van der Waals surface area contributed by atoms with Crippen LogP contribution in [0.3, 0.4) is 0 Å². The molecule has 0 aliphatic rings. The van der Waals surface area contributed by atoms with Crippen LogP contribution in [0.15, 0.2) is 35.4 Å². The lowest BCUT2D eigenvalue weighted by molar-refractivity contribution is 0.0690. The van der Waals surface area contributed by atoms with Gasteiger partial charge in [0.15, 0.2) is 0 Å². The number of carboxylic acids is 1. The minimum absolute atomic E-state index is 0.0400. The van der Waals surface area contributed by atoms with Crippen molar-refractivity contribution >= 4 is 5.97 Å². The van der Waals surface area contributed by atoms with E-state index in [0.717, 1.165) is 11.1 Å². The topological polar surface area (TPSA) is 115 Å². The van der Waals surface area contributed by atoms with Gasteiger partial charge in [-0.25, -0.2) is 4.79 Å². The highest BCUT2D eigenvalue weighted by Crippen LogP contribution is 2.18. The highest BCUT2D eigenvalue weighted by molar-refractivity contribution is 5.86. The Morgan fingerprint density at radius 3 is 2.80 bits per heavy atom. The minimum Gasteiger partial charge on any atom is -0.477 e. The van der Waals surface area contributed by atoms with E-state index < -0.39 is 5.97 Å². The molecule has 0 radical (unpaired) electrons. The van der Waals surface area contributed by atoms with Crippen LogP contribution in [0, 0.1) is 11.8 Å². The smallest absolute Gasteiger partial charge is 0.353 e. The molecule has 0 aliphatic carbocycles. The summed E-state index contributed by atoms with van der Waals surface area (Å²) in [6.45, 7) is 0.125. The van der Waals surface area contributed by atoms with E-state index in [1.807, 2.05) is 0 Å². The number of aromatic nitrogens is 2. The van der Waals surface area contributed by atoms with Gasteiger partial charge in [0.05, 0.1) is 12.2 Å². The Hall–Kier alpha value is -3.23. The number of H-pyrrole nitrogens is 1. The van der Waals surface area contributed by atoms with Gasteiger partial charge < -0.3 is 5.11 Å². The average Bonchev–Trinajstić information content (AvgIpc) is 2.94. The van der Waals surface area contributed by atoms with Gasteiger partial charge in [0.25, 0.3) is 0 Å². The van der Waals surface area contributed by atoms with Crippen LogP contribution < -0.4 is 0 Å². The molecule has 0 bridgehead atoms. The lowest BCUT2D eigenvalue weighted by atomic mass is 10.1. The molecule has 20 heavy (non-hydrogen) atoms. The third-order valence-corrected chi connectivity index (χ3v) is 2.43. The molecule has 1 heterocycles. The Balaban J connectivity index is 2.16. The summed E-state index contributed by atoms with van der Waals surface area (Å²) in [5, 5.41) is 18.5. The van der Waals surface area contributed by atoms with Crippen molar-refractivity contribution in [1.29, 1.82) is 0 Å². The van der Waals surface area contributed by atoms with Crippen molar-refractivity contribution in [2.45, 2.75) is 0 Å². The second-order valence-corrected chi connectivity index (χ2v) is 3.74. The Labute approximate surface area is 113 Å². The standard InChI is InChI=1S/C13H9N5O2/c14-18-15-7-1-2-9-3-5-10(6-4-9)11-8-12(13(19)20)17-16-11/h3-6,8H,7H2,(H,16,17)(H,19,20). The number of nitrogens with zero attached hydrogens (tertiary/aromatic N) is 4. The molecule has 0 saturated heterocycles. The van der Waals surface area contributed by atoms with Crippen LogP contribution in [0.1, 0.15) is 16.1 Å². The molecule has 7 nitrogen and oxygen atoms in total. The van der Waals surface area contributed by atoms with Crippen molar-refractivity contribution in [3.05, 3.63) is 52.0 Å². The maximum absolute atomic E-state index is 10.7. The maximum atomic E-state index is 10.7. The van der Waals surface area contributed by atoms with Gasteiger partial charge in [-0.05, 0) is 23.7 Å². The predicted molar refractivity (Wildman–Crippen MR) is 71.9 cm³/mol. The van der Waals surface area contributed by atoms with E-state index in [-0.39, 0.29) is 12.2 Å². The van der Waals surface area contributed by atoms with Crippen molar-refractivity contribution in [3.63, 3.8) is 0 Å². The average molecular weight is 267 g/mol. The molecule has 2 aromatic rings. The Morgan fingerprint density at radius 1 is 1.45 bits per heavy atom. The van der Waals surface area contributed by atoms with Gasteiger partial charge in [0.1, 0.15) is 5.69 Å². The second-order valence-electron chi connectivity index (χ2n) is 3.74. The minimum atomic E-state index is -1.05. The van der Waals surface area contributed by atoms with Gasteiger partial charge in [0, 0.05) is 16.0 Å². The van der Waals surface area contributed by atoms with E-state index in [4.69, 9.17) is 10.6 Å². The Morgan fingerprint density at radius 2 is 2.20 bits per heavy atom. The molecule has 7 heteroatoms. The fourth-order valence-corrected chi connectivity index (χ4v) is 1.51. The number of hydrogen-bond donors (Lipinski definition) is 2. The first kappa shape index (κ1) is 13.2. The van der Waals surface area contributed by atoms with Crippen LogP contribution in [0.25, 0.3) is 21.7 Å². The van der Waals surface area contributed by atoms with E-state index in [1.54, 1.807) is 24.3 Å². The number of hydrogen-bond acceptors (Lipinski definition) is 3. The molecule has 0 atom stereocenters. The number of benzene rings is 1. The lowest BCUT2D eigenvalue weighted by Gasteiger charge is -1.95. The summed E-state index contributed by atoms with van der Waals surface area (Å²) < 4.78 is 0.